The van der Waals surface area contributed by atoms with E-state index in [-0.39, 0.29) is 0 Å². The van der Waals surface area contributed by atoms with Gasteiger partial charge in [0.25, 0.3) is 0 Å². The highest BCUT2D eigenvalue weighted by Crippen LogP contribution is 2.37. The van der Waals surface area contributed by atoms with Gasteiger partial charge in [-0.25, -0.2) is 0 Å². The molecule has 0 unspecified atom stereocenters. The number of terminal acetylenes is 1. The monoisotopic (exact) mass is 226 g/mol. The Hall–Kier alpha value is -0.263. The minimum absolute atomic E-state index is 0.299. The lowest BCUT2D eigenvalue weighted by Crippen LogP contribution is -2.43. The highest BCUT2D eigenvalue weighted by molar-refractivity contribution is 6.74. The van der Waals surface area contributed by atoms with Crippen LogP contribution in [0.2, 0.25) is 18.1 Å². The molecule has 0 aromatic carbocycles. The Balaban J connectivity index is 4.06. The van der Waals surface area contributed by atoms with Crippen molar-refractivity contribution in [3.05, 3.63) is 0 Å². The maximum atomic E-state index is 6.22. The standard InChI is InChI=1S/C13H26OSi/c1-8-9-10-11-12(2)14-15(6,7)13(3,4)5/h1,12H,9-11H2,2-7H3/t12-/m1/s1. The lowest BCUT2D eigenvalue weighted by atomic mass is 10.2. The molecule has 2 heteroatoms. The summed E-state index contributed by atoms with van der Waals surface area (Å²) in [4.78, 5) is 0. The van der Waals surface area contributed by atoms with Crippen LogP contribution in [0.3, 0.4) is 0 Å². The van der Waals surface area contributed by atoms with Crippen LogP contribution in [0.4, 0.5) is 0 Å². The van der Waals surface area contributed by atoms with Gasteiger partial charge in [-0.2, -0.15) is 0 Å². The van der Waals surface area contributed by atoms with Crippen LogP contribution in [0.1, 0.15) is 47.0 Å². The van der Waals surface area contributed by atoms with E-state index in [1.54, 1.807) is 0 Å². The minimum Gasteiger partial charge on any atom is -0.414 e. The zero-order valence-corrected chi connectivity index (χ0v) is 12.2. The second kappa shape index (κ2) is 5.72. The summed E-state index contributed by atoms with van der Waals surface area (Å²) in [6.07, 6.45) is 8.60. The molecule has 0 aromatic rings. The molecule has 0 saturated carbocycles. The molecule has 0 amide bonds. The first-order valence-electron chi connectivity index (χ1n) is 5.82. The van der Waals surface area contributed by atoms with Crippen molar-refractivity contribution in [2.24, 2.45) is 0 Å². The number of hydrogen-bond acceptors (Lipinski definition) is 1. The summed E-state index contributed by atoms with van der Waals surface area (Å²) in [5.74, 6) is 2.67. The van der Waals surface area contributed by atoms with Crippen molar-refractivity contribution < 1.29 is 4.43 Å². The molecule has 0 aliphatic rings. The largest absolute Gasteiger partial charge is 0.414 e. The van der Waals surface area contributed by atoms with Crippen LogP contribution < -0.4 is 0 Å². The fraction of sp³-hybridized carbons (Fsp3) is 0.846. The van der Waals surface area contributed by atoms with Crippen LogP contribution in [0.5, 0.6) is 0 Å². The predicted octanol–water partition coefficient (Wildman–Crippen LogP) is 4.20. The van der Waals surface area contributed by atoms with E-state index in [1.165, 1.54) is 0 Å². The smallest absolute Gasteiger partial charge is 0.192 e. The molecule has 0 heterocycles. The molecule has 1 atom stereocenters. The minimum atomic E-state index is -1.58. The molecule has 88 valence electrons. The third-order valence-corrected chi connectivity index (χ3v) is 7.84. The van der Waals surface area contributed by atoms with Gasteiger partial charge in [0, 0.05) is 12.5 Å². The third kappa shape index (κ3) is 5.39. The van der Waals surface area contributed by atoms with E-state index in [0.717, 1.165) is 19.3 Å². The number of unbranched alkanes of at least 4 members (excludes halogenated alkanes) is 1. The van der Waals surface area contributed by atoms with Crippen molar-refractivity contribution in [1.29, 1.82) is 0 Å². The van der Waals surface area contributed by atoms with Crippen LogP contribution >= 0.6 is 0 Å². The van der Waals surface area contributed by atoms with E-state index in [4.69, 9.17) is 10.8 Å². The van der Waals surface area contributed by atoms with E-state index in [9.17, 15) is 0 Å². The second-order valence-electron chi connectivity index (χ2n) is 5.79. The van der Waals surface area contributed by atoms with Crippen molar-refractivity contribution >= 4 is 8.32 Å². The van der Waals surface area contributed by atoms with Crippen molar-refractivity contribution in [1.82, 2.24) is 0 Å². The maximum absolute atomic E-state index is 6.22. The topological polar surface area (TPSA) is 9.23 Å². The summed E-state index contributed by atoms with van der Waals surface area (Å²) in [5.41, 5.74) is 0. The van der Waals surface area contributed by atoms with Crippen LogP contribution in [0.25, 0.3) is 0 Å². The van der Waals surface area contributed by atoms with Crippen molar-refractivity contribution in [2.45, 2.75) is 71.2 Å². The SMILES string of the molecule is C#CCCC[C@@H](C)O[Si](C)(C)C(C)(C)C. The molecule has 0 aliphatic heterocycles. The Kier molecular flexibility index (Phi) is 5.62. The Labute approximate surface area is 96.7 Å². The van der Waals surface area contributed by atoms with E-state index < -0.39 is 8.32 Å². The summed E-state index contributed by atoms with van der Waals surface area (Å²) < 4.78 is 6.22. The maximum Gasteiger partial charge on any atom is 0.192 e. The number of rotatable bonds is 5. The van der Waals surface area contributed by atoms with Gasteiger partial charge in [0.2, 0.25) is 0 Å². The highest BCUT2D eigenvalue weighted by atomic mass is 28.4. The van der Waals surface area contributed by atoms with Gasteiger partial charge < -0.3 is 4.43 Å². The normalized spacial score (nSPS) is 14.7. The molecule has 0 aromatic heterocycles. The summed E-state index contributed by atoms with van der Waals surface area (Å²) in [6, 6.07) is 0. The van der Waals surface area contributed by atoms with Gasteiger partial charge in [-0.05, 0) is 37.9 Å². The molecule has 0 radical (unpaired) electrons. The van der Waals surface area contributed by atoms with Crippen LogP contribution in [-0.2, 0) is 4.43 Å². The average molecular weight is 226 g/mol. The van der Waals surface area contributed by atoms with Gasteiger partial charge in [-0.1, -0.05) is 20.8 Å². The van der Waals surface area contributed by atoms with E-state index in [0.29, 0.717) is 11.1 Å². The molecule has 0 saturated heterocycles. The van der Waals surface area contributed by atoms with Gasteiger partial charge >= 0.3 is 0 Å². The number of hydrogen-bond donors (Lipinski definition) is 0. The summed E-state index contributed by atoms with van der Waals surface area (Å²) in [7, 11) is -1.58. The van der Waals surface area contributed by atoms with E-state index in [2.05, 4.69) is 46.7 Å². The van der Waals surface area contributed by atoms with Gasteiger partial charge in [0.15, 0.2) is 8.32 Å². The lowest BCUT2D eigenvalue weighted by Gasteiger charge is -2.38. The van der Waals surface area contributed by atoms with Gasteiger partial charge in [-0.15, -0.1) is 12.3 Å². The molecule has 15 heavy (non-hydrogen) atoms. The first-order valence-corrected chi connectivity index (χ1v) is 8.73. The summed E-state index contributed by atoms with van der Waals surface area (Å²) >= 11 is 0. The highest BCUT2D eigenvalue weighted by Gasteiger charge is 2.38. The molecule has 0 bridgehead atoms. The Bertz CT molecular complexity index is 220. The molecule has 1 nitrogen and oxygen atoms in total. The Morgan fingerprint density at radius 2 is 1.87 bits per heavy atom. The van der Waals surface area contributed by atoms with Crippen molar-refractivity contribution in [3.63, 3.8) is 0 Å². The zero-order valence-electron chi connectivity index (χ0n) is 11.2. The summed E-state index contributed by atoms with van der Waals surface area (Å²) in [5, 5.41) is 0.299. The quantitative estimate of drug-likeness (QED) is 0.388. The fourth-order valence-electron chi connectivity index (χ4n) is 1.23. The van der Waals surface area contributed by atoms with Crippen LogP contribution in [0, 0.1) is 12.3 Å². The predicted molar refractivity (Wildman–Crippen MR) is 70.4 cm³/mol. The van der Waals surface area contributed by atoms with Crippen molar-refractivity contribution in [3.8, 4) is 12.3 Å². The van der Waals surface area contributed by atoms with Crippen LogP contribution in [0.15, 0.2) is 0 Å². The first-order chi connectivity index (χ1) is 6.70. The molecular weight excluding hydrogens is 200 g/mol. The molecule has 0 spiro atoms. The third-order valence-electron chi connectivity index (χ3n) is 3.23. The summed E-state index contributed by atoms with van der Waals surface area (Å²) in [6.45, 7) is 13.6. The average Bonchev–Trinajstić information content (AvgIpc) is 2.01. The molecular formula is C13H26OSi. The Morgan fingerprint density at radius 1 is 1.33 bits per heavy atom. The first kappa shape index (κ1) is 14.7. The van der Waals surface area contributed by atoms with Gasteiger partial charge in [0.1, 0.15) is 0 Å². The van der Waals surface area contributed by atoms with Gasteiger partial charge in [0.05, 0.1) is 0 Å². The van der Waals surface area contributed by atoms with Crippen molar-refractivity contribution in [2.75, 3.05) is 0 Å². The molecule has 0 fully saturated rings. The Morgan fingerprint density at radius 3 is 2.27 bits per heavy atom. The molecule has 0 aliphatic carbocycles. The van der Waals surface area contributed by atoms with Crippen LogP contribution in [-0.4, -0.2) is 14.4 Å². The zero-order chi connectivity index (χ0) is 12.1. The molecule has 0 N–H and O–H groups in total. The van der Waals surface area contributed by atoms with E-state index >= 15 is 0 Å². The molecule has 0 rings (SSSR count). The van der Waals surface area contributed by atoms with Gasteiger partial charge in [-0.3, -0.25) is 0 Å². The second-order valence-corrected chi connectivity index (χ2v) is 10.5. The lowest BCUT2D eigenvalue weighted by molar-refractivity contribution is 0.187. The van der Waals surface area contributed by atoms with E-state index in [1.807, 2.05) is 0 Å². The fourth-order valence-corrected chi connectivity index (χ4v) is 2.71.